The largest absolute Gasteiger partial charge is 0.349 e. The second kappa shape index (κ2) is 8.60. The monoisotopic (exact) mass is 380 g/mol. The van der Waals surface area contributed by atoms with E-state index in [1.807, 2.05) is 37.6 Å². The fourth-order valence-corrected chi connectivity index (χ4v) is 4.72. The lowest BCUT2D eigenvalue weighted by atomic mass is 10.1. The molecule has 2 aromatic rings. The number of carbonyl (C=O) groups excluding carboxylic acids is 1. The molecule has 1 heterocycles. The number of sulfonamides is 1. The highest BCUT2D eigenvalue weighted by molar-refractivity contribution is 7.89. The Morgan fingerprint density at radius 2 is 1.80 bits per heavy atom. The van der Waals surface area contributed by atoms with E-state index in [0.29, 0.717) is 19.5 Å². The maximum absolute atomic E-state index is 12.5. The van der Waals surface area contributed by atoms with Crippen LogP contribution in [0.2, 0.25) is 0 Å². The molecule has 1 unspecified atom stereocenters. The smallest absolute Gasteiger partial charge is 0.243 e. The predicted molar refractivity (Wildman–Crippen MR) is 101 cm³/mol. The molecule has 2 rings (SSSR count). The van der Waals surface area contributed by atoms with Gasteiger partial charge in [-0.3, -0.25) is 4.79 Å². The van der Waals surface area contributed by atoms with Crippen molar-refractivity contribution in [2.45, 2.75) is 38.1 Å². The van der Waals surface area contributed by atoms with Crippen molar-refractivity contribution >= 4 is 27.3 Å². The van der Waals surface area contributed by atoms with Crippen molar-refractivity contribution in [3.63, 3.8) is 0 Å². The molecule has 25 heavy (non-hydrogen) atoms. The highest BCUT2D eigenvalue weighted by atomic mass is 32.2. The van der Waals surface area contributed by atoms with Gasteiger partial charge in [-0.2, -0.15) is 15.6 Å². The summed E-state index contributed by atoms with van der Waals surface area (Å²) in [6.45, 7) is 6.41. The fraction of sp³-hybridized carbons (Fsp3) is 0.389. The minimum Gasteiger partial charge on any atom is -0.349 e. The molecule has 0 aliphatic rings. The van der Waals surface area contributed by atoms with Gasteiger partial charge >= 0.3 is 0 Å². The second-order valence-electron chi connectivity index (χ2n) is 5.76. The van der Waals surface area contributed by atoms with Gasteiger partial charge < -0.3 is 5.32 Å². The van der Waals surface area contributed by atoms with Crippen LogP contribution < -0.4 is 5.32 Å². The summed E-state index contributed by atoms with van der Waals surface area (Å²) in [5.41, 5.74) is 1.87. The lowest BCUT2D eigenvalue weighted by Gasteiger charge is -2.19. The van der Waals surface area contributed by atoms with Crippen LogP contribution in [0.3, 0.4) is 0 Å². The lowest BCUT2D eigenvalue weighted by Crippen LogP contribution is -2.30. The Kier molecular flexibility index (Phi) is 6.75. The molecule has 1 amide bonds. The van der Waals surface area contributed by atoms with E-state index in [2.05, 4.69) is 5.32 Å². The van der Waals surface area contributed by atoms with E-state index >= 15 is 0 Å². The third kappa shape index (κ3) is 4.90. The lowest BCUT2D eigenvalue weighted by molar-refractivity contribution is -0.121. The quantitative estimate of drug-likeness (QED) is 0.765. The minimum absolute atomic E-state index is 0.0502. The molecule has 1 N–H and O–H groups in total. The molecule has 0 saturated carbocycles. The molecule has 0 radical (unpaired) electrons. The zero-order valence-corrected chi connectivity index (χ0v) is 16.4. The van der Waals surface area contributed by atoms with Gasteiger partial charge in [-0.05, 0) is 47.0 Å². The van der Waals surface area contributed by atoms with E-state index in [4.69, 9.17) is 0 Å². The van der Waals surface area contributed by atoms with E-state index in [1.165, 1.54) is 4.31 Å². The highest BCUT2D eigenvalue weighted by Gasteiger charge is 2.21. The molecular weight excluding hydrogens is 356 g/mol. The van der Waals surface area contributed by atoms with Gasteiger partial charge in [-0.25, -0.2) is 8.42 Å². The Labute approximate surface area is 153 Å². The van der Waals surface area contributed by atoms with Gasteiger partial charge in [-0.1, -0.05) is 26.0 Å². The Balaban J connectivity index is 2.05. The molecule has 0 bridgehead atoms. The molecule has 0 aliphatic heterocycles. The van der Waals surface area contributed by atoms with E-state index in [0.717, 1.165) is 11.1 Å². The summed E-state index contributed by atoms with van der Waals surface area (Å²) in [7, 11) is -3.45. The van der Waals surface area contributed by atoms with Crippen molar-refractivity contribution in [2.75, 3.05) is 13.1 Å². The van der Waals surface area contributed by atoms with Crippen LogP contribution in [-0.2, 0) is 21.2 Å². The van der Waals surface area contributed by atoms with Gasteiger partial charge in [0.05, 0.1) is 17.4 Å². The number of amides is 1. The van der Waals surface area contributed by atoms with Gasteiger partial charge in [0, 0.05) is 13.1 Å². The average Bonchev–Trinajstić information content (AvgIpc) is 3.08. The maximum atomic E-state index is 12.5. The summed E-state index contributed by atoms with van der Waals surface area (Å²) in [6.07, 6.45) is 0.349. The molecular formula is C18H24N2O3S2. The van der Waals surface area contributed by atoms with Crippen LogP contribution >= 0.6 is 11.3 Å². The number of thiophene rings is 1. The Bertz CT molecular complexity index is 780. The first-order chi connectivity index (χ1) is 11.9. The zero-order chi connectivity index (χ0) is 18.4. The standard InChI is InChI=1S/C18H24N2O3S2/c1-4-20(5-2)25(22,23)17-8-6-16(7-9-17)14(3)19-18(21)12-15-10-11-24-13-15/h6-11,13-14H,4-5,12H2,1-3H3,(H,19,21). The third-order valence-electron chi connectivity index (χ3n) is 4.05. The molecule has 1 atom stereocenters. The molecule has 0 aliphatic carbocycles. The number of carbonyl (C=O) groups is 1. The normalized spacial score (nSPS) is 13.0. The molecule has 0 fully saturated rings. The van der Waals surface area contributed by atoms with Crippen LogP contribution in [-0.4, -0.2) is 31.7 Å². The molecule has 5 nitrogen and oxygen atoms in total. The van der Waals surface area contributed by atoms with E-state index in [-0.39, 0.29) is 16.8 Å². The van der Waals surface area contributed by atoms with Gasteiger partial charge in [0.25, 0.3) is 0 Å². The van der Waals surface area contributed by atoms with Crippen LogP contribution in [0.4, 0.5) is 0 Å². The molecule has 0 spiro atoms. The van der Waals surface area contributed by atoms with Crippen molar-refractivity contribution in [3.8, 4) is 0 Å². The number of nitrogens with zero attached hydrogens (tertiary/aromatic N) is 1. The summed E-state index contributed by atoms with van der Waals surface area (Å²) < 4.78 is 26.4. The minimum atomic E-state index is -3.45. The summed E-state index contributed by atoms with van der Waals surface area (Å²) in [5.74, 6) is -0.0502. The summed E-state index contributed by atoms with van der Waals surface area (Å²) in [6, 6.07) is 8.46. The van der Waals surface area contributed by atoms with Crippen molar-refractivity contribution in [3.05, 3.63) is 52.2 Å². The Hall–Kier alpha value is -1.70. The van der Waals surface area contributed by atoms with Gasteiger partial charge in [0.1, 0.15) is 0 Å². The van der Waals surface area contributed by atoms with Gasteiger partial charge in [0.2, 0.25) is 15.9 Å². The van der Waals surface area contributed by atoms with Crippen LogP contribution in [0.1, 0.15) is 37.9 Å². The Morgan fingerprint density at radius 1 is 1.16 bits per heavy atom. The molecule has 1 aromatic heterocycles. The number of hydrogen-bond donors (Lipinski definition) is 1. The number of hydrogen-bond acceptors (Lipinski definition) is 4. The molecule has 1 aromatic carbocycles. The Morgan fingerprint density at radius 3 is 2.32 bits per heavy atom. The zero-order valence-electron chi connectivity index (χ0n) is 14.7. The number of rotatable bonds is 8. The fourth-order valence-electron chi connectivity index (χ4n) is 2.60. The van der Waals surface area contributed by atoms with E-state index in [9.17, 15) is 13.2 Å². The first-order valence-corrected chi connectivity index (χ1v) is 10.7. The van der Waals surface area contributed by atoms with Crippen LogP contribution in [0.15, 0.2) is 46.0 Å². The highest BCUT2D eigenvalue weighted by Crippen LogP contribution is 2.19. The SMILES string of the molecule is CCN(CC)S(=O)(=O)c1ccc(C(C)NC(=O)Cc2ccsc2)cc1. The van der Waals surface area contributed by atoms with Gasteiger partial charge in [-0.15, -0.1) is 0 Å². The van der Waals surface area contributed by atoms with Crippen molar-refractivity contribution < 1.29 is 13.2 Å². The first kappa shape index (κ1) is 19.6. The predicted octanol–water partition coefficient (Wildman–Crippen LogP) is 3.20. The molecule has 136 valence electrons. The van der Waals surface area contributed by atoms with Crippen LogP contribution in [0.5, 0.6) is 0 Å². The summed E-state index contributed by atoms with van der Waals surface area (Å²) in [4.78, 5) is 12.4. The summed E-state index contributed by atoms with van der Waals surface area (Å²) in [5, 5.41) is 6.84. The van der Waals surface area contributed by atoms with Gasteiger partial charge in [0.15, 0.2) is 0 Å². The maximum Gasteiger partial charge on any atom is 0.243 e. The first-order valence-electron chi connectivity index (χ1n) is 8.29. The third-order valence-corrected chi connectivity index (χ3v) is 6.84. The molecule has 0 saturated heterocycles. The molecule has 7 heteroatoms. The number of benzene rings is 1. The van der Waals surface area contributed by atoms with Crippen molar-refractivity contribution in [2.24, 2.45) is 0 Å². The van der Waals surface area contributed by atoms with Crippen molar-refractivity contribution in [1.82, 2.24) is 9.62 Å². The van der Waals surface area contributed by atoms with Crippen molar-refractivity contribution in [1.29, 1.82) is 0 Å². The topological polar surface area (TPSA) is 66.5 Å². The van der Waals surface area contributed by atoms with E-state index in [1.54, 1.807) is 35.6 Å². The van der Waals surface area contributed by atoms with Crippen LogP contribution in [0, 0.1) is 0 Å². The number of nitrogens with one attached hydrogen (secondary N) is 1. The van der Waals surface area contributed by atoms with Crippen LogP contribution in [0.25, 0.3) is 0 Å². The summed E-state index contributed by atoms with van der Waals surface area (Å²) >= 11 is 1.57. The average molecular weight is 381 g/mol. The second-order valence-corrected chi connectivity index (χ2v) is 8.47. The van der Waals surface area contributed by atoms with E-state index < -0.39 is 10.0 Å².